The first kappa shape index (κ1) is 19.6. The van der Waals surface area contributed by atoms with Crippen molar-refractivity contribution in [2.75, 3.05) is 6.16 Å². The molecule has 0 aliphatic carbocycles. The standard InChI is InChI=1S/C23H24P.BrH/c1-2-3-19-24(22-15-9-5-10-16-22,23-17-11-6-12-18-23)20-21-13-7-4-8-14-21;/h2-18H,19-20H2,1H3;1H/q+1;/p-1/b3-2+;. The van der Waals surface area contributed by atoms with Crippen molar-refractivity contribution in [3.05, 3.63) is 109 Å². The van der Waals surface area contributed by atoms with E-state index >= 15 is 0 Å². The quantitative estimate of drug-likeness (QED) is 0.432. The van der Waals surface area contributed by atoms with Crippen LogP contribution in [0.4, 0.5) is 0 Å². The Kier molecular flexibility index (Phi) is 7.62. The Morgan fingerprint density at radius 1 is 0.680 bits per heavy atom. The third kappa shape index (κ3) is 4.69. The smallest absolute Gasteiger partial charge is 0.0998 e. The minimum atomic E-state index is -1.53. The van der Waals surface area contributed by atoms with Gasteiger partial charge in [0.05, 0.1) is 30.2 Å². The lowest BCUT2D eigenvalue weighted by molar-refractivity contribution is -0.00000481. The molecule has 3 aromatic carbocycles. The van der Waals surface area contributed by atoms with Crippen molar-refractivity contribution in [2.45, 2.75) is 13.1 Å². The van der Waals surface area contributed by atoms with Crippen molar-refractivity contribution >= 4 is 17.9 Å². The van der Waals surface area contributed by atoms with E-state index in [1.54, 1.807) is 0 Å². The third-order valence-corrected chi connectivity index (χ3v) is 8.76. The Bertz CT molecular complexity index is 727. The molecule has 0 saturated heterocycles. The van der Waals surface area contributed by atoms with E-state index < -0.39 is 7.26 Å². The van der Waals surface area contributed by atoms with Crippen LogP contribution in [-0.2, 0) is 6.16 Å². The number of halogens is 1. The molecule has 0 saturated carbocycles. The molecular formula is C23H24BrP. The van der Waals surface area contributed by atoms with Crippen LogP contribution < -0.4 is 27.6 Å². The number of hydrogen-bond donors (Lipinski definition) is 0. The molecule has 0 aliphatic heterocycles. The maximum atomic E-state index is 2.34. The topological polar surface area (TPSA) is 0 Å². The molecule has 0 heterocycles. The van der Waals surface area contributed by atoms with Gasteiger partial charge in [0.1, 0.15) is 0 Å². The zero-order valence-electron chi connectivity index (χ0n) is 14.6. The number of benzene rings is 3. The van der Waals surface area contributed by atoms with E-state index in [1.165, 1.54) is 16.2 Å². The van der Waals surface area contributed by atoms with Crippen LogP contribution in [0.1, 0.15) is 12.5 Å². The van der Waals surface area contributed by atoms with Crippen LogP contribution in [0.3, 0.4) is 0 Å². The van der Waals surface area contributed by atoms with Crippen LogP contribution in [0.25, 0.3) is 0 Å². The van der Waals surface area contributed by atoms with Gasteiger partial charge in [0.2, 0.25) is 0 Å². The van der Waals surface area contributed by atoms with Gasteiger partial charge in [-0.3, -0.25) is 0 Å². The summed E-state index contributed by atoms with van der Waals surface area (Å²) in [6.45, 7) is 2.12. The Labute approximate surface area is 162 Å². The second-order valence-electron chi connectivity index (χ2n) is 6.03. The third-order valence-electron chi connectivity index (χ3n) is 4.45. The van der Waals surface area contributed by atoms with Gasteiger partial charge in [-0.2, -0.15) is 0 Å². The van der Waals surface area contributed by atoms with Gasteiger partial charge < -0.3 is 17.0 Å². The van der Waals surface area contributed by atoms with Crippen LogP contribution in [0.5, 0.6) is 0 Å². The van der Waals surface area contributed by atoms with Crippen LogP contribution in [0.2, 0.25) is 0 Å². The summed E-state index contributed by atoms with van der Waals surface area (Å²) in [5, 5.41) is 2.97. The molecule has 0 N–H and O–H groups in total. The summed E-state index contributed by atoms with van der Waals surface area (Å²) in [6.07, 6.45) is 6.74. The lowest BCUT2D eigenvalue weighted by Crippen LogP contribution is -3.00. The molecule has 0 fully saturated rings. The van der Waals surface area contributed by atoms with Gasteiger partial charge in [-0.15, -0.1) is 0 Å². The molecule has 0 radical (unpaired) electrons. The molecule has 3 rings (SSSR count). The van der Waals surface area contributed by atoms with E-state index in [4.69, 9.17) is 0 Å². The van der Waals surface area contributed by atoms with Crippen LogP contribution in [-0.4, -0.2) is 6.16 Å². The van der Waals surface area contributed by atoms with Crippen molar-refractivity contribution < 1.29 is 17.0 Å². The van der Waals surface area contributed by atoms with Crippen LogP contribution >= 0.6 is 7.26 Å². The van der Waals surface area contributed by atoms with E-state index in [9.17, 15) is 0 Å². The van der Waals surface area contributed by atoms with Gasteiger partial charge in [-0.25, -0.2) is 0 Å². The summed E-state index contributed by atoms with van der Waals surface area (Å²) < 4.78 is 0. The fraction of sp³-hybridized carbons (Fsp3) is 0.130. The van der Waals surface area contributed by atoms with Gasteiger partial charge >= 0.3 is 0 Å². The SMILES string of the molecule is C/C=C/C[P+](Cc1ccccc1)(c1ccccc1)c1ccccc1.[Br-]. The van der Waals surface area contributed by atoms with E-state index in [1.807, 2.05) is 0 Å². The summed E-state index contributed by atoms with van der Waals surface area (Å²) in [5.74, 6) is 0. The number of hydrogen-bond acceptors (Lipinski definition) is 0. The zero-order chi connectivity index (χ0) is 16.7. The van der Waals surface area contributed by atoms with Gasteiger partial charge in [0.15, 0.2) is 0 Å². The molecule has 0 spiro atoms. The Morgan fingerprint density at radius 3 is 1.56 bits per heavy atom. The van der Waals surface area contributed by atoms with Crippen molar-refractivity contribution in [3.63, 3.8) is 0 Å². The minimum Gasteiger partial charge on any atom is -1.00 e. The maximum absolute atomic E-state index is 2.34. The van der Waals surface area contributed by atoms with Gasteiger partial charge in [-0.05, 0) is 36.8 Å². The summed E-state index contributed by atoms with van der Waals surface area (Å²) >= 11 is 0. The maximum Gasteiger partial charge on any atom is 0.0998 e. The lowest BCUT2D eigenvalue weighted by Gasteiger charge is -2.27. The minimum absolute atomic E-state index is 0. The average Bonchev–Trinajstić information content (AvgIpc) is 2.67. The van der Waals surface area contributed by atoms with Crippen molar-refractivity contribution in [1.29, 1.82) is 0 Å². The molecular weight excluding hydrogens is 387 g/mol. The number of allylic oxidation sites excluding steroid dienone is 2. The highest BCUT2D eigenvalue weighted by Gasteiger charge is 2.41. The average molecular weight is 411 g/mol. The van der Waals surface area contributed by atoms with Crippen molar-refractivity contribution in [2.24, 2.45) is 0 Å². The molecule has 0 atom stereocenters. The Morgan fingerprint density at radius 2 is 1.12 bits per heavy atom. The van der Waals surface area contributed by atoms with Crippen molar-refractivity contribution in [1.82, 2.24) is 0 Å². The molecule has 128 valence electrons. The molecule has 0 aliphatic rings. The van der Waals surface area contributed by atoms with E-state index in [2.05, 4.69) is 110 Å². The molecule has 0 bridgehead atoms. The van der Waals surface area contributed by atoms with Crippen molar-refractivity contribution in [3.8, 4) is 0 Å². The molecule has 0 unspecified atom stereocenters. The molecule has 0 nitrogen and oxygen atoms in total. The van der Waals surface area contributed by atoms with Gasteiger partial charge in [-0.1, -0.05) is 78.9 Å². The molecule has 0 aromatic heterocycles. The first-order valence-corrected chi connectivity index (χ1v) is 10.6. The Balaban J connectivity index is 0.00000225. The summed E-state index contributed by atoms with van der Waals surface area (Å²) in [5.41, 5.74) is 1.42. The predicted molar refractivity (Wildman–Crippen MR) is 109 cm³/mol. The lowest BCUT2D eigenvalue weighted by atomic mass is 10.2. The van der Waals surface area contributed by atoms with Crippen LogP contribution in [0.15, 0.2) is 103 Å². The van der Waals surface area contributed by atoms with E-state index in [-0.39, 0.29) is 17.0 Å². The second-order valence-corrected chi connectivity index (χ2v) is 9.68. The van der Waals surface area contributed by atoms with Gasteiger partial charge in [0, 0.05) is 0 Å². The Hall–Kier alpha value is -1.69. The highest BCUT2D eigenvalue weighted by atomic mass is 79.9. The molecule has 2 heteroatoms. The largest absolute Gasteiger partial charge is 1.00 e. The fourth-order valence-corrected chi connectivity index (χ4v) is 7.32. The molecule has 25 heavy (non-hydrogen) atoms. The van der Waals surface area contributed by atoms with E-state index in [0.717, 1.165) is 12.3 Å². The fourth-order valence-electron chi connectivity index (χ4n) is 3.21. The second kappa shape index (κ2) is 9.70. The zero-order valence-corrected chi connectivity index (χ0v) is 17.0. The van der Waals surface area contributed by atoms with Crippen LogP contribution in [0, 0.1) is 0 Å². The molecule has 3 aromatic rings. The predicted octanol–water partition coefficient (Wildman–Crippen LogP) is 2.44. The van der Waals surface area contributed by atoms with E-state index in [0.29, 0.717) is 0 Å². The normalized spacial score (nSPS) is 11.2. The highest BCUT2D eigenvalue weighted by molar-refractivity contribution is 7.89. The summed E-state index contributed by atoms with van der Waals surface area (Å²) in [7, 11) is -1.53. The number of rotatable bonds is 6. The first-order valence-electron chi connectivity index (χ1n) is 8.48. The van der Waals surface area contributed by atoms with Gasteiger partial charge in [0.25, 0.3) is 0 Å². The first-order chi connectivity index (χ1) is 11.8. The highest BCUT2D eigenvalue weighted by Crippen LogP contribution is 2.59. The summed E-state index contributed by atoms with van der Waals surface area (Å²) in [6, 6.07) is 33.1. The monoisotopic (exact) mass is 410 g/mol. The summed E-state index contributed by atoms with van der Waals surface area (Å²) in [4.78, 5) is 0. The molecule has 0 amide bonds.